The van der Waals surface area contributed by atoms with E-state index in [4.69, 9.17) is 20.9 Å². The number of carbonyl (C=O) groups is 3. The number of hydrogen-bond acceptors (Lipinski definition) is 8. The number of nitrogens with one attached hydrogen (secondary N) is 1. The molecule has 5 N–H and O–H groups in total. The number of benzene rings is 2. The van der Waals surface area contributed by atoms with Crippen molar-refractivity contribution in [2.75, 3.05) is 24.9 Å². The second kappa shape index (κ2) is 11.3. The molecule has 0 unspecified atom stereocenters. The lowest BCUT2D eigenvalue weighted by Crippen LogP contribution is -2.50. The highest BCUT2D eigenvalue weighted by atomic mass is 32.1. The van der Waals surface area contributed by atoms with Crippen LogP contribution in [0.3, 0.4) is 0 Å². The minimum atomic E-state index is -1.12. The van der Waals surface area contributed by atoms with Gasteiger partial charge in [-0.1, -0.05) is 25.1 Å². The first-order valence-corrected chi connectivity index (χ1v) is 12.3. The maximum absolute atomic E-state index is 14.1. The number of aromatic nitrogens is 1. The highest BCUT2D eigenvalue weighted by molar-refractivity contribution is 7.09. The predicted octanol–water partition coefficient (Wildman–Crippen LogP) is 3.53. The van der Waals surface area contributed by atoms with Gasteiger partial charge in [0, 0.05) is 17.3 Å². The third-order valence-electron chi connectivity index (χ3n) is 5.99. The molecule has 0 aliphatic carbocycles. The van der Waals surface area contributed by atoms with Gasteiger partial charge in [0.15, 0.2) is 5.69 Å². The van der Waals surface area contributed by atoms with E-state index in [9.17, 15) is 14.4 Å². The Labute approximate surface area is 219 Å². The lowest BCUT2D eigenvalue weighted by molar-refractivity contribution is -0.124. The van der Waals surface area contributed by atoms with Crippen molar-refractivity contribution >= 4 is 40.6 Å². The van der Waals surface area contributed by atoms with Gasteiger partial charge in [0.2, 0.25) is 5.91 Å². The van der Waals surface area contributed by atoms with Crippen LogP contribution in [-0.4, -0.2) is 41.9 Å². The summed E-state index contributed by atoms with van der Waals surface area (Å²) >= 11 is 0.744. The van der Waals surface area contributed by atoms with Gasteiger partial charge in [0.1, 0.15) is 22.4 Å². The Morgan fingerprint density at radius 1 is 1.08 bits per heavy atom. The van der Waals surface area contributed by atoms with E-state index in [1.165, 1.54) is 19.1 Å². The maximum atomic E-state index is 14.1. The lowest BCUT2D eigenvalue weighted by atomic mass is 9.98. The number of rotatable bonds is 10. The van der Waals surface area contributed by atoms with Crippen molar-refractivity contribution < 1.29 is 23.9 Å². The SMILES string of the molecule is CCC(C)(C)NC(=O)[C@H](c1ccc(OC)cc1)N(C(=O)c1snc(C(N)=O)c1N)c1cccc(OC)c1. The van der Waals surface area contributed by atoms with E-state index in [0.717, 1.165) is 11.5 Å². The van der Waals surface area contributed by atoms with Gasteiger partial charge in [0.25, 0.3) is 11.8 Å². The first-order valence-electron chi connectivity index (χ1n) is 11.5. The molecule has 2 aromatic carbocycles. The van der Waals surface area contributed by atoms with Gasteiger partial charge in [-0.3, -0.25) is 19.3 Å². The number of hydrogen-bond donors (Lipinski definition) is 3. The molecule has 196 valence electrons. The zero-order chi connectivity index (χ0) is 27.3. The van der Waals surface area contributed by atoms with Crippen LogP contribution in [0.25, 0.3) is 0 Å². The summed E-state index contributed by atoms with van der Waals surface area (Å²) in [5.74, 6) is -0.815. The Balaban J connectivity index is 2.25. The fourth-order valence-corrected chi connectivity index (χ4v) is 4.32. The van der Waals surface area contributed by atoms with Gasteiger partial charge in [-0.25, -0.2) is 0 Å². The van der Waals surface area contributed by atoms with Crippen LogP contribution in [0.15, 0.2) is 48.5 Å². The van der Waals surface area contributed by atoms with E-state index in [1.54, 1.807) is 48.5 Å². The second-order valence-electron chi connectivity index (χ2n) is 8.92. The molecule has 1 aromatic heterocycles. The normalized spacial score (nSPS) is 11.9. The average Bonchev–Trinajstić information content (AvgIpc) is 3.28. The summed E-state index contributed by atoms with van der Waals surface area (Å²) in [5, 5.41) is 3.04. The van der Waals surface area contributed by atoms with E-state index < -0.39 is 29.3 Å². The summed E-state index contributed by atoms with van der Waals surface area (Å²) in [6.07, 6.45) is 0.658. The minimum Gasteiger partial charge on any atom is -0.497 e. The summed E-state index contributed by atoms with van der Waals surface area (Å²) in [4.78, 5) is 41.1. The lowest BCUT2D eigenvalue weighted by Gasteiger charge is -2.34. The van der Waals surface area contributed by atoms with Crippen molar-refractivity contribution in [3.63, 3.8) is 0 Å². The number of ether oxygens (including phenoxy) is 2. The molecule has 0 bridgehead atoms. The fraction of sp³-hybridized carbons (Fsp3) is 0.308. The van der Waals surface area contributed by atoms with E-state index in [1.807, 2.05) is 20.8 Å². The number of nitrogens with zero attached hydrogens (tertiary/aromatic N) is 2. The van der Waals surface area contributed by atoms with E-state index in [2.05, 4.69) is 9.69 Å². The Bertz CT molecular complexity index is 1290. The second-order valence-corrected chi connectivity index (χ2v) is 9.69. The van der Waals surface area contributed by atoms with Crippen LogP contribution in [0.1, 0.15) is 59.0 Å². The molecule has 1 atom stereocenters. The average molecular weight is 526 g/mol. The molecular weight excluding hydrogens is 494 g/mol. The van der Waals surface area contributed by atoms with Gasteiger partial charge >= 0.3 is 0 Å². The highest BCUT2D eigenvalue weighted by Gasteiger charge is 2.37. The first kappa shape index (κ1) is 27.5. The van der Waals surface area contributed by atoms with Gasteiger partial charge in [-0.2, -0.15) is 4.37 Å². The number of anilines is 2. The number of methoxy groups -OCH3 is 2. The summed E-state index contributed by atoms with van der Waals surface area (Å²) in [6, 6.07) is 12.5. The fourth-order valence-electron chi connectivity index (χ4n) is 3.58. The van der Waals surface area contributed by atoms with Crippen LogP contribution in [0.2, 0.25) is 0 Å². The monoisotopic (exact) mass is 525 g/mol. The minimum absolute atomic E-state index is 0.0160. The molecule has 0 radical (unpaired) electrons. The van der Waals surface area contributed by atoms with Crippen LogP contribution in [0.4, 0.5) is 11.4 Å². The quantitative estimate of drug-likeness (QED) is 0.366. The van der Waals surface area contributed by atoms with Gasteiger partial charge in [0.05, 0.1) is 19.9 Å². The molecule has 0 spiro atoms. The molecule has 3 aromatic rings. The summed E-state index contributed by atoms with van der Waals surface area (Å²) < 4.78 is 14.6. The predicted molar refractivity (Wildman–Crippen MR) is 143 cm³/mol. The maximum Gasteiger partial charge on any atom is 0.273 e. The Hall–Kier alpha value is -4.12. The Kier molecular flexibility index (Phi) is 8.38. The van der Waals surface area contributed by atoms with Crippen molar-refractivity contribution in [2.24, 2.45) is 5.73 Å². The molecular formula is C26H31N5O5S. The van der Waals surface area contributed by atoms with Crippen LogP contribution in [-0.2, 0) is 4.79 Å². The molecule has 1 heterocycles. The summed E-state index contributed by atoms with van der Waals surface area (Å²) in [5.41, 5.74) is 11.5. The molecule has 0 saturated carbocycles. The zero-order valence-corrected chi connectivity index (χ0v) is 22.2. The largest absolute Gasteiger partial charge is 0.497 e. The van der Waals surface area contributed by atoms with Crippen molar-refractivity contribution in [1.29, 1.82) is 0 Å². The third kappa shape index (κ3) is 6.00. The molecule has 0 fully saturated rings. The van der Waals surface area contributed by atoms with E-state index in [-0.39, 0.29) is 16.3 Å². The molecule has 3 rings (SSSR count). The van der Waals surface area contributed by atoms with Crippen molar-refractivity contribution in [2.45, 2.75) is 38.8 Å². The van der Waals surface area contributed by atoms with Gasteiger partial charge in [-0.05, 0) is 61.6 Å². The number of primary amides is 1. The molecule has 37 heavy (non-hydrogen) atoms. The van der Waals surface area contributed by atoms with Crippen molar-refractivity contribution in [3.05, 3.63) is 64.7 Å². The molecule has 0 aliphatic heterocycles. The molecule has 11 heteroatoms. The Morgan fingerprint density at radius 2 is 1.73 bits per heavy atom. The van der Waals surface area contributed by atoms with E-state index >= 15 is 0 Å². The number of nitrogens with two attached hydrogens (primary N) is 2. The topological polar surface area (TPSA) is 150 Å². The first-order chi connectivity index (χ1) is 17.5. The van der Waals surface area contributed by atoms with Gasteiger partial charge < -0.3 is 26.3 Å². The molecule has 0 saturated heterocycles. The molecule has 0 aliphatic rings. The Morgan fingerprint density at radius 3 is 2.27 bits per heavy atom. The van der Waals surface area contributed by atoms with Crippen LogP contribution in [0.5, 0.6) is 11.5 Å². The van der Waals surface area contributed by atoms with Gasteiger partial charge in [-0.15, -0.1) is 0 Å². The van der Waals surface area contributed by atoms with Crippen molar-refractivity contribution in [3.8, 4) is 11.5 Å². The third-order valence-corrected chi connectivity index (χ3v) is 6.84. The summed E-state index contributed by atoms with van der Waals surface area (Å²) in [7, 11) is 3.04. The van der Waals surface area contributed by atoms with Crippen molar-refractivity contribution in [1.82, 2.24) is 9.69 Å². The molecule has 10 nitrogen and oxygen atoms in total. The molecule has 3 amide bonds. The van der Waals surface area contributed by atoms with E-state index in [0.29, 0.717) is 29.2 Å². The standard InChI is InChI=1S/C26H31N5O5S/c1-6-26(2,3)29-24(33)21(15-10-12-17(35-4)13-11-15)31(16-8-7-9-18(14-16)36-5)25(34)22-19(27)20(23(28)32)30-37-22/h7-14,21H,6,27H2,1-5H3,(H2,28,32)(H,29,33)/t21-/m0/s1. The smallest absolute Gasteiger partial charge is 0.273 e. The highest BCUT2D eigenvalue weighted by Crippen LogP contribution is 2.35. The number of carbonyl (C=O) groups excluding carboxylic acids is 3. The van der Waals surface area contributed by atoms with Crippen LogP contribution >= 0.6 is 11.5 Å². The van der Waals surface area contributed by atoms with Crippen LogP contribution < -0.4 is 31.2 Å². The summed E-state index contributed by atoms with van der Waals surface area (Å²) in [6.45, 7) is 5.75. The number of nitrogen functional groups attached to an aromatic ring is 1. The zero-order valence-electron chi connectivity index (χ0n) is 21.4. The number of amides is 3. The van der Waals surface area contributed by atoms with Crippen LogP contribution in [0, 0.1) is 0 Å².